The van der Waals surface area contributed by atoms with Crippen LogP contribution in [0.4, 0.5) is 9.52 Å². The van der Waals surface area contributed by atoms with Crippen LogP contribution >= 0.6 is 11.3 Å². The molecule has 3 rings (SSSR count). The number of piperidine rings is 1. The molecule has 0 bridgehead atoms. The summed E-state index contributed by atoms with van der Waals surface area (Å²) in [7, 11) is 0. The zero-order valence-corrected chi connectivity index (χ0v) is 13.8. The molecule has 1 aliphatic rings. The predicted octanol–water partition coefficient (Wildman–Crippen LogP) is 2.10. The Bertz CT molecular complexity index is 723. The van der Waals surface area contributed by atoms with Crippen LogP contribution in [-0.4, -0.2) is 40.0 Å². The summed E-state index contributed by atoms with van der Waals surface area (Å²) in [6, 6.07) is 6.26. The van der Waals surface area contributed by atoms with Crippen molar-refractivity contribution in [3.8, 4) is 0 Å². The number of carbonyl (C=O) groups excluding carboxylic acids is 2. The Morgan fingerprint density at radius 2 is 2.21 bits per heavy atom. The summed E-state index contributed by atoms with van der Waals surface area (Å²) < 4.78 is 13.7. The average molecular weight is 348 g/mol. The number of nitrogens with one attached hydrogen (secondary N) is 1. The molecule has 0 spiro atoms. The molecule has 6 nitrogen and oxygen atoms in total. The summed E-state index contributed by atoms with van der Waals surface area (Å²) >= 11 is 1.25. The second-order valence-electron chi connectivity index (χ2n) is 5.68. The van der Waals surface area contributed by atoms with E-state index >= 15 is 0 Å². The van der Waals surface area contributed by atoms with E-state index in [1.54, 1.807) is 28.6 Å². The summed E-state index contributed by atoms with van der Waals surface area (Å²) in [5.74, 6) is -0.982. The number of hydrogen-bond donors (Lipinski definition) is 1. The van der Waals surface area contributed by atoms with E-state index in [4.69, 9.17) is 0 Å². The van der Waals surface area contributed by atoms with Gasteiger partial charge >= 0.3 is 0 Å². The summed E-state index contributed by atoms with van der Waals surface area (Å²) in [5.41, 5.74) is 1.92. The molecule has 2 heterocycles. The van der Waals surface area contributed by atoms with Gasteiger partial charge in [-0.15, -0.1) is 10.2 Å². The van der Waals surface area contributed by atoms with E-state index in [1.807, 2.05) is 0 Å². The molecule has 1 saturated heterocycles. The van der Waals surface area contributed by atoms with E-state index in [-0.39, 0.29) is 30.0 Å². The first-order valence-electron chi connectivity index (χ1n) is 7.71. The number of halogens is 1. The molecule has 1 N–H and O–H groups in total. The van der Waals surface area contributed by atoms with Crippen molar-refractivity contribution in [3.05, 3.63) is 41.2 Å². The highest BCUT2D eigenvalue weighted by atomic mass is 32.1. The second-order valence-corrected chi connectivity index (χ2v) is 6.51. The zero-order chi connectivity index (χ0) is 16.9. The third-order valence-electron chi connectivity index (χ3n) is 4.03. The lowest BCUT2D eigenvalue weighted by atomic mass is 9.96. The van der Waals surface area contributed by atoms with Gasteiger partial charge < -0.3 is 10.2 Å². The molecule has 0 aliphatic carbocycles. The molecular weight excluding hydrogens is 331 g/mol. The Balaban J connectivity index is 1.59. The Kier molecular flexibility index (Phi) is 5.14. The van der Waals surface area contributed by atoms with E-state index in [9.17, 15) is 14.0 Å². The SMILES string of the molecule is O=C(Nc1nncs1)C1CCCN(C(=O)Cc2ccccc2F)C1. The molecule has 0 radical (unpaired) electrons. The Hall–Kier alpha value is -2.35. The lowest BCUT2D eigenvalue weighted by Gasteiger charge is -2.32. The lowest BCUT2D eigenvalue weighted by Crippen LogP contribution is -2.44. The largest absolute Gasteiger partial charge is 0.342 e. The van der Waals surface area contributed by atoms with Crippen LogP contribution in [0.1, 0.15) is 18.4 Å². The molecule has 1 aromatic heterocycles. The minimum atomic E-state index is -0.381. The van der Waals surface area contributed by atoms with Crippen molar-refractivity contribution >= 4 is 28.3 Å². The normalized spacial score (nSPS) is 17.5. The molecule has 8 heteroatoms. The Morgan fingerprint density at radius 3 is 2.96 bits per heavy atom. The van der Waals surface area contributed by atoms with E-state index in [1.165, 1.54) is 17.4 Å². The number of likely N-dealkylation sites (tertiary alicyclic amines) is 1. The fraction of sp³-hybridized carbons (Fsp3) is 0.375. The van der Waals surface area contributed by atoms with Crippen LogP contribution in [0.5, 0.6) is 0 Å². The number of benzene rings is 1. The van der Waals surface area contributed by atoms with Crippen molar-refractivity contribution in [2.45, 2.75) is 19.3 Å². The van der Waals surface area contributed by atoms with Crippen molar-refractivity contribution in [2.75, 3.05) is 18.4 Å². The van der Waals surface area contributed by atoms with Gasteiger partial charge in [0.15, 0.2) is 0 Å². The molecule has 2 amide bonds. The molecule has 1 fully saturated rings. The minimum absolute atomic E-state index is 0.0113. The first-order valence-corrected chi connectivity index (χ1v) is 8.59. The third kappa shape index (κ3) is 3.94. The van der Waals surface area contributed by atoms with Gasteiger partial charge in [0.25, 0.3) is 0 Å². The van der Waals surface area contributed by atoms with Crippen LogP contribution in [0.3, 0.4) is 0 Å². The van der Waals surface area contributed by atoms with Crippen molar-refractivity contribution in [1.82, 2.24) is 15.1 Å². The van der Waals surface area contributed by atoms with Gasteiger partial charge in [-0.05, 0) is 24.5 Å². The third-order valence-corrected chi connectivity index (χ3v) is 4.64. The molecule has 1 aliphatic heterocycles. The smallest absolute Gasteiger partial charge is 0.231 e. The minimum Gasteiger partial charge on any atom is -0.342 e. The highest BCUT2D eigenvalue weighted by Gasteiger charge is 2.29. The topological polar surface area (TPSA) is 75.2 Å². The fourth-order valence-corrected chi connectivity index (χ4v) is 3.22. The van der Waals surface area contributed by atoms with Gasteiger partial charge in [0.05, 0.1) is 12.3 Å². The molecule has 1 aromatic carbocycles. The van der Waals surface area contributed by atoms with E-state index in [2.05, 4.69) is 15.5 Å². The standard InChI is InChI=1S/C16H17FN4O2S/c17-13-6-2-1-4-11(13)8-14(22)21-7-3-5-12(9-21)15(23)19-16-20-18-10-24-16/h1-2,4,6,10,12H,3,5,7-9H2,(H,19,20,23). The molecule has 1 unspecified atom stereocenters. The number of nitrogens with zero attached hydrogens (tertiary/aromatic N) is 3. The van der Waals surface area contributed by atoms with Gasteiger partial charge in [-0.3, -0.25) is 9.59 Å². The van der Waals surface area contributed by atoms with Crippen LogP contribution in [0.25, 0.3) is 0 Å². The van der Waals surface area contributed by atoms with Crippen molar-refractivity contribution in [1.29, 1.82) is 0 Å². The lowest BCUT2D eigenvalue weighted by molar-refractivity contribution is -0.134. The van der Waals surface area contributed by atoms with Crippen molar-refractivity contribution in [2.24, 2.45) is 5.92 Å². The highest BCUT2D eigenvalue weighted by molar-refractivity contribution is 7.13. The fourth-order valence-electron chi connectivity index (χ4n) is 2.77. The molecule has 24 heavy (non-hydrogen) atoms. The van der Waals surface area contributed by atoms with Gasteiger partial charge in [-0.1, -0.05) is 29.5 Å². The number of rotatable bonds is 4. The number of hydrogen-bond acceptors (Lipinski definition) is 5. The van der Waals surface area contributed by atoms with Crippen LogP contribution in [-0.2, 0) is 16.0 Å². The predicted molar refractivity (Wildman–Crippen MR) is 87.9 cm³/mol. The van der Waals surface area contributed by atoms with Crippen LogP contribution in [0.2, 0.25) is 0 Å². The van der Waals surface area contributed by atoms with Gasteiger partial charge in [0.2, 0.25) is 16.9 Å². The van der Waals surface area contributed by atoms with Crippen LogP contribution in [0.15, 0.2) is 29.8 Å². The Labute approximate surface area is 142 Å². The second kappa shape index (κ2) is 7.48. The summed E-state index contributed by atoms with van der Waals surface area (Å²) in [4.78, 5) is 26.3. The van der Waals surface area contributed by atoms with E-state index < -0.39 is 0 Å². The number of anilines is 1. The zero-order valence-electron chi connectivity index (χ0n) is 12.9. The highest BCUT2D eigenvalue weighted by Crippen LogP contribution is 2.20. The molecule has 126 valence electrons. The number of aromatic nitrogens is 2. The maximum Gasteiger partial charge on any atom is 0.231 e. The molecule has 0 saturated carbocycles. The molecule has 1 atom stereocenters. The molecular formula is C16H17FN4O2S. The Morgan fingerprint density at radius 1 is 1.38 bits per heavy atom. The number of amides is 2. The van der Waals surface area contributed by atoms with Crippen LogP contribution in [0, 0.1) is 11.7 Å². The first kappa shape index (κ1) is 16.5. The van der Waals surface area contributed by atoms with E-state index in [0.717, 1.165) is 6.42 Å². The number of carbonyl (C=O) groups is 2. The van der Waals surface area contributed by atoms with Gasteiger partial charge in [0.1, 0.15) is 11.3 Å². The maximum absolute atomic E-state index is 13.7. The van der Waals surface area contributed by atoms with Gasteiger partial charge in [-0.25, -0.2) is 4.39 Å². The van der Waals surface area contributed by atoms with Gasteiger partial charge in [0, 0.05) is 13.1 Å². The quantitative estimate of drug-likeness (QED) is 0.918. The maximum atomic E-state index is 13.7. The van der Waals surface area contributed by atoms with Crippen LogP contribution < -0.4 is 5.32 Å². The van der Waals surface area contributed by atoms with Gasteiger partial charge in [-0.2, -0.15) is 0 Å². The monoisotopic (exact) mass is 348 g/mol. The van der Waals surface area contributed by atoms with Crippen molar-refractivity contribution in [3.63, 3.8) is 0 Å². The van der Waals surface area contributed by atoms with Crippen molar-refractivity contribution < 1.29 is 14.0 Å². The summed E-state index contributed by atoms with van der Waals surface area (Å²) in [6.45, 7) is 0.938. The summed E-state index contributed by atoms with van der Waals surface area (Å²) in [5, 5.41) is 10.6. The molecule has 2 aromatic rings. The first-order chi connectivity index (χ1) is 11.6. The summed E-state index contributed by atoms with van der Waals surface area (Å²) in [6.07, 6.45) is 1.47. The average Bonchev–Trinajstić information content (AvgIpc) is 3.10. The van der Waals surface area contributed by atoms with E-state index in [0.29, 0.717) is 30.2 Å².